The fourth-order valence-electron chi connectivity index (χ4n) is 10.6. The number of aliphatic hydroxyl groups excluding tert-OH is 27. The van der Waals surface area contributed by atoms with Crippen LogP contribution in [0.2, 0.25) is 0 Å². The average molecular weight is 1780 g/mol. The van der Waals surface area contributed by atoms with Crippen molar-refractivity contribution in [3.05, 3.63) is 0 Å². The molecule has 2 fully saturated rings. The van der Waals surface area contributed by atoms with Gasteiger partial charge in [-0.1, -0.05) is 51.4 Å². The first-order valence-electron chi connectivity index (χ1n) is 39.2. The Morgan fingerprint density at radius 3 is 0.909 bits per heavy atom. The van der Waals surface area contributed by atoms with Gasteiger partial charge in [0, 0.05) is 51.7 Å². The number of carbonyl (C=O) groups excluding carboxylic acids is 8. The van der Waals surface area contributed by atoms with E-state index in [4.69, 9.17) is 70.8 Å². The summed E-state index contributed by atoms with van der Waals surface area (Å²) in [5, 5.41) is 267. The van der Waals surface area contributed by atoms with E-state index in [2.05, 4.69) is 44.4 Å². The largest absolute Gasteiger partial charge is 0.479 e. The number of amides is 2. The van der Waals surface area contributed by atoms with Gasteiger partial charge in [-0.05, 0) is 70.8 Å². The van der Waals surface area contributed by atoms with Gasteiger partial charge in [0.1, 0.15) is 116 Å². The van der Waals surface area contributed by atoms with Crippen LogP contribution in [0.5, 0.6) is 0 Å². The molecule has 2 heterocycles. The highest BCUT2D eigenvalue weighted by atomic mass is 16.6. The maximum atomic E-state index is 11.7. The number of esters is 6. The molecule has 26 unspecified atom stereocenters. The highest BCUT2D eigenvalue weighted by molar-refractivity contribution is 5.81. The molecule has 0 bridgehead atoms. The van der Waals surface area contributed by atoms with E-state index in [0.29, 0.717) is 83.7 Å². The summed E-state index contributed by atoms with van der Waals surface area (Å²) in [6.45, 7) is -2.49. The van der Waals surface area contributed by atoms with Crippen LogP contribution in [0.3, 0.4) is 0 Å². The van der Waals surface area contributed by atoms with Gasteiger partial charge in [0.15, 0.2) is 24.4 Å². The molecular formula is C73H139N3O45. The molecule has 2 aliphatic rings. The summed E-state index contributed by atoms with van der Waals surface area (Å²) in [5.74, 6) is -5.76. The Kier molecular flexibility index (Phi) is 72.4. The Labute approximate surface area is 699 Å². The molecule has 0 spiro atoms. The van der Waals surface area contributed by atoms with E-state index < -0.39 is 215 Å². The van der Waals surface area contributed by atoms with Crippen LogP contribution in [0.15, 0.2) is 0 Å². The van der Waals surface area contributed by atoms with Crippen LogP contribution < -0.4 is 16.0 Å². The smallest absolute Gasteiger partial charge is 0.337 e. The third-order valence-corrected chi connectivity index (χ3v) is 18.4. The van der Waals surface area contributed by atoms with Crippen molar-refractivity contribution in [3.63, 3.8) is 0 Å². The molecular weight excluding hydrogens is 1640 g/mol. The summed E-state index contributed by atoms with van der Waals surface area (Å²) in [6, 6.07) is 0. The molecule has 0 aromatic rings. The zero-order valence-corrected chi connectivity index (χ0v) is 69.1. The first kappa shape index (κ1) is 121. The van der Waals surface area contributed by atoms with Gasteiger partial charge in [0.05, 0.1) is 94.0 Å². The summed E-state index contributed by atoms with van der Waals surface area (Å²) in [4.78, 5) is 99.1. The van der Waals surface area contributed by atoms with E-state index in [1.807, 2.05) is 0 Å². The van der Waals surface area contributed by atoms with Crippen molar-refractivity contribution in [1.29, 1.82) is 0 Å². The van der Waals surface area contributed by atoms with Gasteiger partial charge in [0.2, 0.25) is 0 Å². The zero-order chi connectivity index (χ0) is 93.6. The van der Waals surface area contributed by atoms with E-state index in [0.717, 1.165) is 58.5 Å². The van der Waals surface area contributed by atoms with Crippen LogP contribution in [0, 0.1) is 0 Å². The highest BCUT2D eigenvalue weighted by Gasteiger charge is 2.47. The Hall–Kier alpha value is -5.97. The average Bonchev–Trinajstić information content (AvgIpc) is 0.815. The van der Waals surface area contributed by atoms with E-state index in [1.165, 1.54) is 35.5 Å². The number of nitrogens with one attached hydrogen (secondary N) is 3. The number of unbranched alkanes of at least 4 members (excludes halogenated alkanes) is 11. The number of aliphatic carboxylic acids is 1. The van der Waals surface area contributed by atoms with Crippen molar-refractivity contribution in [3.8, 4) is 0 Å². The third kappa shape index (κ3) is 52.5. The second kappa shape index (κ2) is 72.2. The van der Waals surface area contributed by atoms with Crippen molar-refractivity contribution < 1.29 is 224 Å². The normalized spacial score (nSPS) is 22.6. The van der Waals surface area contributed by atoms with Crippen LogP contribution in [-0.4, -0.2) is 457 Å². The third-order valence-electron chi connectivity index (χ3n) is 18.4. The van der Waals surface area contributed by atoms with Crippen LogP contribution in [0.4, 0.5) is 0 Å². The molecule has 121 heavy (non-hydrogen) atoms. The first-order valence-corrected chi connectivity index (χ1v) is 39.2. The van der Waals surface area contributed by atoms with Crippen molar-refractivity contribution >= 4 is 53.6 Å². The Bertz CT molecular complexity index is 2700. The van der Waals surface area contributed by atoms with Gasteiger partial charge in [-0.15, -0.1) is 0 Å². The van der Waals surface area contributed by atoms with Crippen molar-refractivity contribution in [2.75, 3.05) is 102 Å². The topological polar surface area (TPSA) is 830 Å². The predicted molar refractivity (Wildman–Crippen MR) is 410 cm³/mol. The lowest BCUT2D eigenvalue weighted by Crippen LogP contribution is -2.59. The van der Waals surface area contributed by atoms with Gasteiger partial charge in [-0.3, -0.25) is 33.6 Å². The number of carbonyl (C=O) groups is 9. The van der Waals surface area contributed by atoms with Crippen LogP contribution in [-0.2, 0) is 81.0 Å². The maximum Gasteiger partial charge on any atom is 0.337 e. The minimum atomic E-state index is -1.96. The minimum Gasteiger partial charge on any atom is -0.479 e. The number of ether oxygens (including phenoxy) is 8. The number of hydrogen-bond acceptors (Lipinski definition) is 45. The number of hydrogen-bond donors (Lipinski definition) is 31. The number of rotatable bonds is 54. The number of methoxy groups -OCH3 is 6. The van der Waals surface area contributed by atoms with Gasteiger partial charge in [-0.25, -0.2) is 9.59 Å². The second-order valence-corrected chi connectivity index (χ2v) is 27.8. The molecule has 0 aliphatic carbocycles. The first-order chi connectivity index (χ1) is 57.0. The molecule has 0 aromatic heterocycles. The van der Waals surface area contributed by atoms with Crippen molar-refractivity contribution in [2.24, 2.45) is 0 Å². The predicted octanol–water partition coefficient (Wildman–Crippen LogP) is -12.7. The summed E-state index contributed by atoms with van der Waals surface area (Å²) < 4.78 is 37.0. The van der Waals surface area contributed by atoms with Gasteiger partial charge in [0.25, 0.3) is 11.8 Å². The quantitative estimate of drug-likeness (QED) is 0.0153. The lowest BCUT2D eigenvalue weighted by molar-refractivity contribution is -0.230. The van der Waals surface area contributed by atoms with E-state index in [-0.39, 0.29) is 68.6 Å². The fraction of sp³-hybridized carbons (Fsp3) is 0.877. The Morgan fingerprint density at radius 2 is 0.579 bits per heavy atom. The zero-order valence-electron chi connectivity index (χ0n) is 69.1. The molecule has 31 N–H and O–H groups in total. The lowest BCUT2D eigenvalue weighted by atomic mass is 9.92. The second-order valence-electron chi connectivity index (χ2n) is 27.8. The SMILES string of the molecule is COC(=O)C(O)C(O)C(O)C(O)CO.COC(=O)CCCCC1OC(C(=O)O)C(O)C(O)C1O.COC(=O)CCCCC1OC(CO)C(O)C(O)C1O.COC(=O)CCCCCCCCCCNC(=O)C(O)C(O)C(O)C(O)CO.COC(=O)CCCCNC(=O)C(O)C(O)C(O)C(O)CO.COC(=O)CCCCNCC(O)C(O)C(O)C(O)CO. The van der Waals surface area contributed by atoms with Crippen LogP contribution in [0.1, 0.15) is 148 Å². The monoisotopic (exact) mass is 1780 g/mol. The fourth-order valence-corrected chi connectivity index (χ4v) is 10.6. The molecule has 2 aliphatic heterocycles. The van der Waals surface area contributed by atoms with Crippen LogP contribution >= 0.6 is 0 Å². The van der Waals surface area contributed by atoms with Gasteiger partial charge < -0.3 is 197 Å². The minimum absolute atomic E-state index is 0.0224. The van der Waals surface area contributed by atoms with Crippen molar-refractivity contribution in [2.45, 2.75) is 306 Å². The Morgan fingerprint density at radius 1 is 0.306 bits per heavy atom. The highest BCUT2D eigenvalue weighted by Crippen LogP contribution is 2.27. The molecule has 26 atom stereocenters. The van der Waals surface area contributed by atoms with Gasteiger partial charge in [-0.2, -0.15) is 0 Å². The van der Waals surface area contributed by atoms with E-state index >= 15 is 0 Å². The van der Waals surface area contributed by atoms with E-state index in [9.17, 15) is 125 Å². The molecule has 716 valence electrons. The summed E-state index contributed by atoms with van der Waals surface area (Å²) in [6.07, 6.45) is -26.0. The van der Waals surface area contributed by atoms with E-state index in [1.54, 1.807) is 0 Å². The number of aliphatic hydroxyl groups is 27. The standard InChI is InChI=1S/C18H35NO8.C12H23NO8.C12H25NO7.C12H20O8.C12H22O7.C7H14O7/c1-27-14(22)10-8-6-4-2-3-5-7-9-11-19-18(26)17(25)16(24)15(23)13(21)12-20;1-21-8(16)4-2-3-5-13-12(20)11(19)10(18)9(17)7(15)6-14;1-20-10(17)4-2-3-5-13-6-8(15)11(18)12(19)9(16)7-14;1-19-7(13)5-3-2-4-6-8(14)9(15)10(16)11(20-6)12(17)18;1-18-9(14)5-3-2-4-7-10(15)12(17)11(16)8(6-13)19-7;1-14-7(13)6(12)5(11)4(10)3(9)2-8/h13,15-17,20-21,23-25H,2-12H2,1H3,(H,19,26);7,9-11,14-15,17-19H,2-6H2,1H3,(H,13,20);8-9,11-16,18-19H,2-7H2,1H3;6,8-11,14-16H,2-5H2,1H3,(H,17,18);7-8,10-13,15-17H,2-6H2,1H3;3-6,8-12H,2H2,1H3. The molecule has 2 rings (SSSR count). The maximum absolute atomic E-state index is 11.7. The molecule has 48 heteroatoms. The number of carboxylic acid groups (broad SMARTS) is 1. The van der Waals surface area contributed by atoms with Crippen LogP contribution in [0.25, 0.3) is 0 Å². The summed E-state index contributed by atoms with van der Waals surface area (Å²) in [7, 11) is 7.58. The molecule has 0 aromatic carbocycles. The molecule has 0 saturated carbocycles. The lowest BCUT2D eigenvalue weighted by Gasteiger charge is -2.40. The van der Waals surface area contributed by atoms with Crippen molar-refractivity contribution in [1.82, 2.24) is 16.0 Å². The summed E-state index contributed by atoms with van der Waals surface area (Å²) >= 11 is 0. The molecule has 0 radical (unpaired) electrons. The molecule has 2 amide bonds. The molecule has 48 nitrogen and oxygen atoms in total. The Balaban J connectivity index is -0.000000685. The van der Waals surface area contributed by atoms with Gasteiger partial charge >= 0.3 is 41.8 Å². The summed E-state index contributed by atoms with van der Waals surface area (Å²) in [5.41, 5.74) is 0. The molecule has 2 saturated heterocycles. The number of carboxylic acids is 1.